The van der Waals surface area contributed by atoms with Crippen LogP contribution in [0.3, 0.4) is 0 Å². The number of fused-ring (bicyclic) bond motifs is 1. The Morgan fingerprint density at radius 3 is 3.00 bits per heavy atom. The van der Waals surface area contributed by atoms with Crippen molar-refractivity contribution in [1.82, 2.24) is 13.1 Å². The molecule has 0 unspecified atom stereocenters. The third-order valence-electron chi connectivity index (χ3n) is 3.07. The van der Waals surface area contributed by atoms with E-state index in [1.54, 1.807) is 7.11 Å². The van der Waals surface area contributed by atoms with Crippen molar-refractivity contribution in [2.75, 3.05) is 25.1 Å². The molecule has 1 aromatic heterocycles. The molecule has 1 saturated heterocycles. The molecule has 2 aliphatic heterocycles. The molecule has 0 radical (unpaired) electrons. The second kappa shape index (κ2) is 4.08. The Kier molecular flexibility index (Phi) is 2.72. The van der Waals surface area contributed by atoms with E-state index in [4.69, 9.17) is 4.74 Å². The molecule has 0 amide bonds. The Balaban J connectivity index is 1.76. The lowest BCUT2D eigenvalue weighted by Gasteiger charge is -2.38. The summed E-state index contributed by atoms with van der Waals surface area (Å²) in [7, 11) is 1.75. The molecule has 86 valence electrons. The van der Waals surface area contributed by atoms with Crippen LogP contribution in [0.4, 0.5) is 5.95 Å². The minimum Gasteiger partial charge on any atom is -0.378 e. The van der Waals surface area contributed by atoms with Gasteiger partial charge in [0.25, 0.3) is 0 Å². The average molecular weight is 332 g/mol. The number of anilines is 1. The predicted molar refractivity (Wildman–Crippen MR) is 68.3 cm³/mol. The Labute approximate surface area is 108 Å². The van der Waals surface area contributed by atoms with Gasteiger partial charge < -0.3 is 9.64 Å². The van der Waals surface area contributed by atoms with Gasteiger partial charge in [0.1, 0.15) is 0 Å². The Bertz CT molecular complexity index is 408. The first kappa shape index (κ1) is 10.7. The zero-order valence-electron chi connectivity index (χ0n) is 9.06. The van der Waals surface area contributed by atoms with Crippen LogP contribution in [-0.4, -0.2) is 39.4 Å². The molecule has 3 heterocycles. The van der Waals surface area contributed by atoms with Gasteiger partial charge in [-0.15, -0.1) is 0 Å². The van der Waals surface area contributed by atoms with Crippen molar-refractivity contribution in [1.29, 1.82) is 0 Å². The molecule has 1 aromatic rings. The fraction of sp³-hybridized carbons (Fsp3) is 0.600. The molecule has 3 rings (SSSR count). The number of aromatic nitrogens is 2. The summed E-state index contributed by atoms with van der Waals surface area (Å²) >= 11 is 2.32. The summed E-state index contributed by atoms with van der Waals surface area (Å²) in [6, 6.07) is 0. The monoisotopic (exact) mass is 332 g/mol. The minimum atomic E-state index is 0.345. The Morgan fingerprint density at radius 1 is 1.44 bits per heavy atom. The lowest BCUT2D eigenvalue weighted by Crippen LogP contribution is -2.52. The second-order valence-corrected chi connectivity index (χ2v) is 5.55. The van der Waals surface area contributed by atoms with Crippen molar-refractivity contribution in [2.24, 2.45) is 0 Å². The molecule has 0 aliphatic carbocycles. The lowest BCUT2D eigenvalue weighted by molar-refractivity contribution is 0.0778. The summed E-state index contributed by atoms with van der Waals surface area (Å²) < 4.78 is 7.46. The highest BCUT2D eigenvalue weighted by Gasteiger charge is 2.29. The minimum absolute atomic E-state index is 0.345. The van der Waals surface area contributed by atoms with Crippen LogP contribution < -0.4 is 4.90 Å². The van der Waals surface area contributed by atoms with E-state index in [9.17, 15) is 0 Å². The van der Waals surface area contributed by atoms with Gasteiger partial charge in [0.2, 0.25) is 5.95 Å². The maximum atomic E-state index is 5.24. The third-order valence-corrected chi connectivity index (χ3v) is 3.75. The smallest absolute Gasteiger partial charge is 0.225 e. The SMILES string of the molecule is COC1CN(c2ncc3c(n2)CN(I)C3)C1. The number of nitrogens with zero attached hydrogens (tertiary/aromatic N) is 4. The van der Waals surface area contributed by atoms with Gasteiger partial charge in [-0.1, -0.05) is 0 Å². The van der Waals surface area contributed by atoms with Crippen molar-refractivity contribution in [2.45, 2.75) is 19.2 Å². The zero-order chi connectivity index (χ0) is 11.1. The molecule has 2 aliphatic rings. The molecule has 16 heavy (non-hydrogen) atoms. The van der Waals surface area contributed by atoms with Crippen molar-refractivity contribution in [3.05, 3.63) is 17.5 Å². The fourth-order valence-electron chi connectivity index (χ4n) is 2.01. The fourth-order valence-corrected chi connectivity index (χ4v) is 2.70. The number of rotatable bonds is 2. The van der Waals surface area contributed by atoms with Gasteiger partial charge in [-0.25, -0.2) is 13.1 Å². The normalized spacial score (nSPS) is 21.0. The molecule has 1 fully saturated rings. The van der Waals surface area contributed by atoms with Gasteiger partial charge in [0, 0.05) is 61.4 Å². The topological polar surface area (TPSA) is 41.5 Å². The number of hydrogen-bond acceptors (Lipinski definition) is 5. The van der Waals surface area contributed by atoms with Gasteiger partial charge in [0.05, 0.1) is 18.3 Å². The largest absolute Gasteiger partial charge is 0.378 e. The van der Waals surface area contributed by atoms with Gasteiger partial charge in [-0.3, -0.25) is 0 Å². The maximum absolute atomic E-state index is 5.24. The number of hydrogen-bond donors (Lipinski definition) is 0. The van der Waals surface area contributed by atoms with Gasteiger partial charge in [-0.05, 0) is 0 Å². The third kappa shape index (κ3) is 1.78. The predicted octanol–water partition coefficient (Wildman–Crippen LogP) is 0.977. The number of ether oxygens (including phenoxy) is 1. The number of methoxy groups -OCH3 is 1. The second-order valence-electron chi connectivity index (χ2n) is 4.18. The summed E-state index contributed by atoms with van der Waals surface area (Å²) in [5.74, 6) is 0.846. The molecular formula is C10H13IN4O. The molecule has 0 bridgehead atoms. The van der Waals surface area contributed by atoms with E-state index in [0.29, 0.717) is 6.10 Å². The molecular weight excluding hydrogens is 319 g/mol. The molecule has 5 nitrogen and oxygen atoms in total. The van der Waals surface area contributed by atoms with E-state index in [-0.39, 0.29) is 0 Å². The molecule has 0 spiro atoms. The summed E-state index contributed by atoms with van der Waals surface area (Å²) in [4.78, 5) is 11.2. The number of halogens is 1. The van der Waals surface area contributed by atoms with Crippen molar-refractivity contribution >= 4 is 28.8 Å². The zero-order valence-corrected chi connectivity index (χ0v) is 11.2. The molecule has 0 saturated carbocycles. The molecule has 0 atom stereocenters. The average Bonchev–Trinajstić information content (AvgIpc) is 2.55. The summed E-state index contributed by atoms with van der Waals surface area (Å²) in [6.45, 7) is 3.69. The van der Waals surface area contributed by atoms with Crippen LogP contribution in [0, 0.1) is 0 Å². The van der Waals surface area contributed by atoms with Crippen LogP contribution in [0.2, 0.25) is 0 Å². The first-order valence-electron chi connectivity index (χ1n) is 5.29. The quantitative estimate of drug-likeness (QED) is 0.597. The van der Waals surface area contributed by atoms with Crippen LogP contribution in [0.15, 0.2) is 6.20 Å². The first-order chi connectivity index (χ1) is 7.76. The molecule has 0 aromatic carbocycles. The highest BCUT2D eigenvalue weighted by atomic mass is 127. The van der Waals surface area contributed by atoms with Crippen LogP contribution >= 0.6 is 22.9 Å². The summed E-state index contributed by atoms with van der Waals surface area (Å²) in [5, 5.41) is 0. The van der Waals surface area contributed by atoms with E-state index in [2.05, 4.69) is 40.8 Å². The van der Waals surface area contributed by atoms with E-state index in [0.717, 1.165) is 32.1 Å². The lowest BCUT2D eigenvalue weighted by atomic mass is 10.2. The van der Waals surface area contributed by atoms with Crippen molar-refractivity contribution in [3.63, 3.8) is 0 Å². The van der Waals surface area contributed by atoms with Crippen LogP contribution in [0.5, 0.6) is 0 Å². The van der Waals surface area contributed by atoms with Crippen molar-refractivity contribution in [3.8, 4) is 0 Å². The van der Waals surface area contributed by atoms with Crippen LogP contribution in [0.25, 0.3) is 0 Å². The highest BCUT2D eigenvalue weighted by molar-refractivity contribution is 14.1. The van der Waals surface area contributed by atoms with E-state index < -0.39 is 0 Å². The summed E-state index contributed by atoms with van der Waals surface area (Å²) in [5.41, 5.74) is 2.42. The van der Waals surface area contributed by atoms with Gasteiger partial charge in [-0.2, -0.15) is 0 Å². The maximum Gasteiger partial charge on any atom is 0.225 e. The standard InChI is InChI=1S/C10H13IN4O/c1-16-8-4-14(5-8)10-12-2-7-3-15(11)6-9(7)13-10/h2,8H,3-6H2,1H3. The highest BCUT2D eigenvalue weighted by Crippen LogP contribution is 2.26. The van der Waals surface area contributed by atoms with Gasteiger partial charge in [0.15, 0.2) is 0 Å². The first-order valence-corrected chi connectivity index (χ1v) is 6.26. The van der Waals surface area contributed by atoms with Crippen molar-refractivity contribution < 1.29 is 4.74 Å². The Hall–Kier alpha value is -0.470. The molecule has 0 N–H and O–H groups in total. The molecule has 6 heteroatoms. The van der Waals surface area contributed by atoms with E-state index in [1.165, 1.54) is 11.3 Å². The van der Waals surface area contributed by atoms with E-state index in [1.807, 2.05) is 6.20 Å². The summed E-state index contributed by atoms with van der Waals surface area (Å²) in [6.07, 6.45) is 2.30. The van der Waals surface area contributed by atoms with Crippen LogP contribution in [-0.2, 0) is 17.8 Å². The van der Waals surface area contributed by atoms with Crippen LogP contribution in [0.1, 0.15) is 11.3 Å². The van der Waals surface area contributed by atoms with Gasteiger partial charge >= 0.3 is 0 Å². The Morgan fingerprint density at radius 2 is 2.25 bits per heavy atom. The van der Waals surface area contributed by atoms with E-state index >= 15 is 0 Å².